The molecule has 0 unspecified atom stereocenters. The monoisotopic (exact) mass is 482 g/mol. The number of rotatable bonds is 8. The first-order chi connectivity index (χ1) is 17.5. The van der Waals surface area contributed by atoms with Crippen molar-refractivity contribution in [3.8, 4) is 0 Å². The number of aryl methyl sites for hydroxylation is 1. The zero-order chi connectivity index (χ0) is 25.1. The Morgan fingerprint density at radius 1 is 1.00 bits per heavy atom. The number of hydrogen-bond donors (Lipinski definition) is 1. The fourth-order valence-corrected chi connectivity index (χ4v) is 4.59. The number of halogens is 1. The van der Waals surface area contributed by atoms with Crippen molar-refractivity contribution >= 4 is 10.9 Å². The molecule has 0 aliphatic rings. The summed E-state index contributed by atoms with van der Waals surface area (Å²) in [6, 6.07) is 23.8. The van der Waals surface area contributed by atoms with Gasteiger partial charge in [0.05, 0.1) is 12.1 Å². The number of tetrazole rings is 1. The minimum Gasteiger partial charge on any atom is -0.321 e. The molecule has 8 heteroatoms. The first-order valence-electron chi connectivity index (χ1n) is 11.9. The zero-order valence-corrected chi connectivity index (χ0v) is 20.2. The fourth-order valence-electron chi connectivity index (χ4n) is 4.59. The Bertz CT molecular complexity index is 1530. The summed E-state index contributed by atoms with van der Waals surface area (Å²) >= 11 is 0. The van der Waals surface area contributed by atoms with Gasteiger partial charge in [0.25, 0.3) is 5.56 Å². The second-order valence-corrected chi connectivity index (χ2v) is 8.87. The first kappa shape index (κ1) is 23.6. The van der Waals surface area contributed by atoms with Gasteiger partial charge < -0.3 is 4.98 Å². The van der Waals surface area contributed by atoms with Crippen LogP contribution >= 0.6 is 0 Å². The van der Waals surface area contributed by atoms with Gasteiger partial charge in [-0.05, 0) is 64.2 Å². The molecule has 182 valence electrons. The molecule has 0 spiro atoms. The normalized spacial score (nSPS) is 12.3. The lowest BCUT2D eigenvalue weighted by Gasteiger charge is -2.30. The average Bonchev–Trinajstić information content (AvgIpc) is 3.34. The van der Waals surface area contributed by atoms with Crippen molar-refractivity contribution in [1.82, 2.24) is 30.1 Å². The van der Waals surface area contributed by atoms with Crippen LogP contribution in [-0.4, -0.2) is 36.6 Å². The molecule has 0 aliphatic heterocycles. The lowest BCUT2D eigenvalue weighted by Crippen LogP contribution is -2.35. The minimum absolute atomic E-state index is 0.176. The van der Waals surface area contributed by atoms with Crippen molar-refractivity contribution in [2.45, 2.75) is 33.0 Å². The van der Waals surface area contributed by atoms with Gasteiger partial charge in [0.1, 0.15) is 11.9 Å². The van der Waals surface area contributed by atoms with Crippen LogP contribution in [0.2, 0.25) is 0 Å². The van der Waals surface area contributed by atoms with Crippen molar-refractivity contribution in [1.29, 1.82) is 0 Å². The molecular formula is C28H27FN6O. The highest BCUT2D eigenvalue weighted by atomic mass is 19.1. The van der Waals surface area contributed by atoms with E-state index in [1.807, 2.05) is 49.4 Å². The van der Waals surface area contributed by atoms with Gasteiger partial charge in [-0.2, -0.15) is 0 Å². The zero-order valence-electron chi connectivity index (χ0n) is 20.2. The summed E-state index contributed by atoms with van der Waals surface area (Å²) < 4.78 is 15.1. The van der Waals surface area contributed by atoms with Crippen LogP contribution in [0, 0.1) is 12.7 Å². The fraction of sp³-hybridized carbons (Fsp3) is 0.214. The SMILES string of the molecule is CCN(Cc1ccccc1)[C@H](c1cc2cccc(C)c2[nH]c1=O)c1nnnn1Cc1ccc(F)cc1. The molecule has 1 atom stereocenters. The predicted octanol–water partition coefficient (Wildman–Crippen LogP) is 4.62. The third-order valence-electron chi connectivity index (χ3n) is 6.46. The number of fused-ring (bicyclic) bond motifs is 1. The molecule has 0 radical (unpaired) electrons. The lowest BCUT2D eigenvalue weighted by molar-refractivity contribution is 0.214. The Morgan fingerprint density at radius 3 is 2.53 bits per heavy atom. The van der Waals surface area contributed by atoms with Gasteiger partial charge in [-0.25, -0.2) is 9.07 Å². The minimum atomic E-state index is -0.501. The summed E-state index contributed by atoms with van der Waals surface area (Å²) in [6.07, 6.45) is 0. The van der Waals surface area contributed by atoms with Crippen molar-refractivity contribution in [2.75, 3.05) is 6.54 Å². The highest BCUT2D eigenvalue weighted by Crippen LogP contribution is 2.29. The van der Waals surface area contributed by atoms with Crippen LogP contribution < -0.4 is 5.56 Å². The van der Waals surface area contributed by atoms with Crippen molar-refractivity contribution in [3.63, 3.8) is 0 Å². The number of aromatic nitrogens is 5. The van der Waals surface area contributed by atoms with Gasteiger partial charge >= 0.3 is 0 Å². The molecule has 0 amide bonds. The van der Waals surface area contributed by atoms with Gasteiger partial charge in [-0.3, -0.25) is 9.69 Å². The molecule has 0 fully saturated rings. The van der Waals surface area contributed by atoms with Crippen molar-refractivity contribution in [3.05, 3.63) is 123 Å². The molecular weight excluding hydrogens is 455 g/mol. The average molecular weight is 483 g/mol. The van der Waals surface area contributed by atoms with E-state index < -0.39 is 6.04 Å². The second-order valence-electron chi connectivity index (χ2n) is 8.87. The van der Waals surface area contributed by atoms with Gasteiger partial charge in [0.15, 0.2) is 5.82 Å². The van der Waals surface area contributed by atoms with E-state index in [1.54, 1.807) is 16.8 Å². The molecule has 1 N–H and O–H groups in total. The molecule has 0 aliphatic carbocycles. The summed E-state index contributed by atoms with van der Waals surface area (Å²) in [6.45, 7) is 5.66. The third-order valence-corrected chi connectivity index (χ3v) is 6.46. The molecule has 5 rings (SSSR count). The molecule has 0 bridgehead atoms. The van der Waals surface area contributed by atoms with Crippen molar-refractivity contribution in [2.24, 2.45) is 0 Å². The standard InChI is InChI=1S/C28H27FN6O/c1-3-34(17-20-9-5-4-6-10-20)26(24-16-22-11-7-8-19(2)25(22)30-28(24)36)27-31-32-33-35(27)18-21-12-14-23(29)15-13-21/h4-16,26H,3,17-18H2,1-2H3,(H,30,36)/t26-/m1/s1. The van der Waals surface area contributed by atoms with E-state index in [2.05, 4.69) is 44.5 Å². The van der Waals surface area contributed by atoms with E-state index in [1.165, 1.54) is 12.1 Å². The second kappa shape index (κ2) is 10.2. The maximum Gasteiger partial charge on any atom is 0.253 e. The number of nitrogens with zero attached hydrogens (tertiary/aromatic N) is 5. The molecule has 2 aromatic heterocycles. The quantitative estimate of drug-likeness (QED) is 0.349. The van der Waals surface area contributed by atoms with E-state index in [0.29, 0.717) is 31.0 Å². The first-order valence-corrected chi connectivity index (χ1v) is 11.9. The highest BCUT2D eigenvalue weighted by Gasteiger charge is 2.30. The van der Waals surface area contributed by atoms with Crippen LogP contribution in [0.25, 0.3) is 10.9 Å². The maximum atomic E-state index is 13.5. The number of pyridine rings is 1. The van der Waals surface area contributed by atoms with E-state index >= 15 is 0 Å². The van der Waals surface area contributed by atoms with Gasteiger partial charge in [-0.1, -0.05) is 67.6 Å². The smallest absolute Gasteiger partial charge is 0.253 e. The largest absolute Gasteiger partial charge is 0.321 e. The molecule has 7 nitrogen and oxygen atoms in total. The molecule has 0 saturated carbocycles. The Kier molecular flexibility index (Phi) is 6.69. The Labute approximate surface area is 208 Å². The summed E-state index contributed by atoms with van der Waals surface area (Å²) in [5, 5.41) is 13.5. The summed E-state index contributed by atoms with van der Waals surface area (Å²) in [4.78, 5) is 18.8. The van der Waals surface area contributed by atoms with Crippen LogP contribution in [0.15, 0.2) is 83.7 Å². The Hall–Kier alpha value is -4.17. The van der Waals surface area contributed by atoms with E-state index in [-0.39, 0.29) is 11.4 Å². The third kappa shape index (κ3) is 4.81. The Balaban J connectivity index is 1.64. The number of benzene rings is 3. The molecule has 36 heavy (non-hydrogen) atoms. The number of nitrogens with one attached hydrogen (secondary N) is 1. The van der Waals surface area contributed by atoms with Crippen LogP contribution in [0.1, 0.15) is 41.0 Å². The van der Waals surface area contributed by atoms with Gasteiger partial charge in [-0.15, -0.1) is 5.10 Å². The van der Waals surface area contributed by atoms with Crippen molar-refractivity contribution < 1.29 is 4.39 Å². The van der Waals surface area contributed by atoms with Gasteiger partial charge in [0.2, 0.25) is 0 Å². The number of hydrogen-bond acceptors (Lipinski definition) is 5. The van der Waals surface area contributed by atoms with E-state index in [4.69, 9.17) is 0 Å². The topological polar surface area (TPSA) is 79.7 Å². The highest BCUT2D eigenvalue weighted by molar-refractivity contribution is 5.82. The lowest BCUT2D eigenvalue weighted by atomic mass is 10.0. The van der Waals surface area contributed by atoms with Gasteiger partial charge in [0, 0.05) is 12.1 Å². The van der Waals surface area contributed by atoms with Crippen LogP contribution in [0.3, 0.4) is 0 Å². The van der Waals surface area contributed by atoms with Crippen LogP contribution in [0.4, 0.5) is 4.39 Å². The summed E-state index contributed by atoms with van der Waals surface area (Å²) in [5.74, 6) is 0.251. The Morgan fingerprint density at radius 2 is 1.78 bits per heavy atom. The number of para-hydroxylation sites is 1. The predicted molar refractivity (Wildman–Crippen MR) is 137 cm³/mol. The molecule has 5 aromatic rings. The molecule has 0 saturated heterocycles. The number of H-pyrrole nitrogens is 1. The van der Waals surface area contributed by atoms with E-state index in [9.17, 15) is 9.18 Å². The van der Waals surface area contributed by atoms with E-state index in [0.717, 1.165) is 27.6 Å². The number of aromatic amines is 1. The summed E-state index contributed by atoms with van der Waals surface area (Å²) in [7, 11) is 0. The maximum absolute atomic E-state index is 13.5. The van der Waals surface area contributed by atoms with Crippen LogP contribution in [-0.2, 0) is 13.1 Å². The molecule has 3 aromatic carbocycles. The molecule has 2 heterocycles. The van der Waals surface area contributed by atoms with Crippen LogP contribution in [0.5, 0.6) is 0 Å². The summed E-state index contributed by atoms with van der Waals surface area (Å²) in [5.41, 5.74) is 4.20.